The molecule has 0 unspecified atom stereocenters. The molecule has 2 rings (SSSR count). The SMILES string of the molecule is CCCCCCc1ccoc1-c1ccc(C)nc1. The first-order valence-corrected chi connectivity index (χ1v) is 6.80. The average molecular weight is 243 g/mol. The van der Waals surface area contributed by atoms with Crippen molar-refractivity contribution in [2.45, 2.75) is 46.0 Å². The lowest BCUT2D eigenvalue weighted by molar-refractivity contribution is 0.577. The second-order valence-corrected chi connectivity index (χ2v) is 4.77. The van der Waals surface area contributed by atoms with Crippen LogP contribution in [0.25, 0.3) is 11.3 Å². The van der Waals surface area contributed by atoms with Crippen molar-refractivity contribution in [1.29, 1.82) is 0 Å². The lowest BCUT2D eigenvalue weighted by Crippen LogP contribution is -1.88. The van der Waals surface area contributed by atoms with Crippen LogP contribution in [0, 0.1) is 6.92 Å². The van der Waals surface area contributed by atoms with Crippen LogP contribution in [0.4, 0.5) is 0 Å². The van der Waals surface area contributed by atoms with E-state index in [1.54, 1.807) is 6.26 Å². The first-order valence-electron chi connectivity index (χ1n) is 6.80. The van der Waals surface area contributed by atoms with Crippen LogP contribution in [-0.4, -0.2) is 4.98 Å². The first-order chi connectivity index (χ1) is 8.81. The zero-order chi connectivity index (χ0) is 12.8. The fourth-order valence-electron chi connectivity index (χ4n) is 2.13. The van der Waals surface area contributed by atoms with Crippen molar-refractivity contribution in [2.75, 3.05) is 0 Å². The van der Waals surface area contributed by atoms with Crippen LogP contribution in [0.1, 0.15) is 43.9 Å². The second kappa shape index (κ2) is 6.39. The number of unbranched alkanes of at least 4 members (excludes halogenated alkanes) is 3. The molecule has 0 amide bonds. The van der Waals surface area contributed by atoms with Crippen molar-refractivity contribution in [3.63, 3.8) is 0 Å². The first kappa shape index (κ1) is 12.9. The summed E-state index contributed by atoms with van der Waals surface area (Å²) in [6.07, 6.45) is 9.90. The Hall–Kier alpha value is -1.57. The van der Waals surface area contributed by atoms with E-state index >= 15 is 0 Å². The van der Waals surface area contributed by atoms with Crippen LogP contribution in [0.5, 0.6) is 0 Å². The number of hydrogen-bond donors (Lipinski definition) is 0. The van der Waals surface area contributed by atoms with Crippen LogP contribution < -0.4 is 0 Å². The highest BCUT2D eigenvalue weighted by molar-refractivity contribution is 5.60. The highest BCUT2D eigenvalue weighted by Gasteiger charge is 2.08. The molecular weight excluding hydrogens is 222 g/mol. The molecule has 0 radical (unpaired) electrons. The predicted octanol–water partition coefficient (Wildman–Crippen LogP) is 4.77. The quantitative estimate of drug-likeness (QED) is 0.683. The smallest absolute Gasteiger partial charge is 0.138 e. The van der Waals surface area contributed by atoms with E-state index in [0.29, 0.717) is 0 Å². The van der Waals surface area contributed by atoms with Gasteiger partial charge in [-0.15, -0.1) is 0 Å². The van der Waals surface area contributed by atoms with E-state index in [9.17, 15) is 0 Å². The zero-order valence-corrected chi connectivity index (χ0v) is 11.3. The summed E-state index contributed by atoms with van der Waals surface area (Å²) in [4.78, 5) is 4.33. The monoisotopic (exact) mass is 243 g/mol. The Morgan fingerprint density at radius 2 is 2.00 bits per heavy atom. The Morgan fingerprint density at radius 3 is 2.72 bits per heavy atom. The van der Waals surface area contributed by atoms with E-state index in [2.05, 4.69) is 24.0 Å². The molecular formula is C16H21NO. The van der Waals surface area contributed by atoms with Gasteiger partial charge in [-0.3, -0.25) is 4.98 Å². The second-order valence-electron chi connectivity index (χ2n) is 4.77. The van der Waals surface area contributed by atoms with Gasteiger partial charge >= 0.3 is 0 Å². The van der Waals surface area contributed by atoms with Crippen molar-refractivity contribution >= 4 is 0 Å². The molecule has 0 aliphatic rings. The normalized spacial score (nSPS) is 10.8. The number of aromatic nitrogens is 1. The fourth-order valence-corrected chi connectivity index (χ4v) is 2.13. The number of nitrogens with zero attached hydrogens (tertiary/aromatic N) is 1. The molecule has 2 heteroatoms. The van der Waals surface area contributed by atoms with Gasteiger partial charge in [-0.2, -0.15) is 0 Å². The summed E-state index contributed by atoms with van der Waals surface area (Å²) >= 11 is 0. The number of furan rings is 1. The van der Waals surface area contributed by atoms with E-state index in [4.69, 9.17) is 4.42 Å². The lowest BCUT2D eigenvalue weighted by Gasteiger charge is -2.03. The number of pyridine rings is 1. The van der Waals surface area contributed by atoms with Crippen molar-refractivity contribution in [3.8, 4) is 11.3 Å². The Morgan fingerprint density at radius 1 is 1.11 bits per heavy atom. The molecule has 0 aromatic carbocycles. The molecule has 0 saturated heterocycles. The van der Waals surface area contributed by atoms with Gasteiger partial charge in [0, 0.05) is 17.5 Å². The molecule has 18 heavy (non-hydrogen) atoms. The highest BCUT2D eigenvalue weighted by Crippen LogP contribution is 2.25. The average Bonchev–Trinajstić information content (AvgIpc) is 2.84. The molecule has 2 heterocycles. The van der Waals surface area contributed by atoms with Crippen molar-refractivity contribution in [2.24, 2.45) is 0 Å². The maximum absolute atomic E-state index is 5.61. The number of rotatable bonds is 6. The van der Waals surface area contributed by atoms with Crippen LogP contribution in [0.3, 0.4) is 0 Å². The summed E-state index contributed by atoms with van der Waals surface area (Å²) in [6, 6.07) is 6.19. The summed E-state index contributed by atoms with van der Waals surface area (Å²) in [7, 11) is 0. The van der Waals surface area contributed by atoms with Crippen molar-refractivity contribution in [1.82, 2.24) is 4.98 Å². The number of hydrogen-bond acceptors (Lipinski definition) is 2. The van der Waals surface area contributed by atoms with Gasteiger partial charge in [-0.1, -0.05) is 26.2 Å². The molecule has 0 fully saturated rings. The van der Waals surface area contributed by atoms with E-state index in [1.807, 2.05) is 19.2 Å². The van der Waals surface area contributed by atoms with E-state index in [1.165, 1.54) is 31.2 Å². The molecule has 0 bridgehead atoms. The Bertz CT molecular complexity index is 470. The van der Waals surface area contributed by atoms with Gasteiger partial charge in [0.05, 0.1) is 6.26 Å². The minimum Gasteiger partial charge on any atom is -0.464 e. The largest absolute Gasteiger partial charge is 0.464 e. The third-order valence-corrected chi connectivity index (χ3v) is 3.22. The molecule has 0 spiro atoms. The summed E-state index contributed by atoms with van der Waals surface area (Å²) < 4.78 is 5.61. The Balaban J connectivity index is 2.05. The van der Waals surface area contributed by atoms with Crippen molar-refractivity contribution < 1.29 is 4.42 Å². The highest BCUT2D eigenvalue weighted by atomic mass is 16.3. The predicted molar refractivity (Wildman–Crippen MR) is 74.5 cm³/mol. The molecule has 96 valence electrons. The van der Waals surface area contributed by atoms with Crippen LogP contribution >= 0.6 is 0 Å². The summed E-state index contributed by atoms with van der Waals surface area (Å²) in [6.45, 7) is 4.23. The zero-order valence-electron chi connectivity index (χ0n) is 11.3. The van der Waals surface area contributed by atoms with Crippen LogP contribution in [0.2, 0.25) is 0 Å². The fraction of sp³-hybridized carbons (Fsp3) is 0.438. The third-order valence-electron chi connectivity index (χ3n) is 3.22. The molecule has 0 aliphatic carbocycles. The maximum atomic E-state index is 5.61. The van der Waals surface area contributed by atoms with Gasteiger partial charge in [0.15, 0.2) is 0 Å². The van der Waals surface area contributed by atoms with Gasteiger partial charge in [0.2, 0.25) is 0 Å². The maximum Gasteiger partial charge on any atom is 0.138 e. The molecule has 0 N–H and O–H groups in total. The third kappa shape index (κ3) is 3.22. The topological polar surface area (TPSA) is 26.0 Å². The number of aryl methyl sites for hydroxylation is 2. The minimum absolute atomic E-state index is 0.985. The summed E-state index contributed by atoms with van der Waals surface area (Å²) in [5.41, 5.74) is 3.42. The molecule has 2 aromatic rings. The van der Waals surface area contributed by atoms with Gasteiger partial charge < -0.3 is 4.42 Å². The van der Waals surface area contributed by atoms with Crippen LogP contribution in [-0.2, 0) is 6.42 Å². The lowest BCUT2D eigenvalue weighted by atomic mass is 10.0. The van der Waals surface area contributed by atoms with Gasteiger partial charge in [-0.25, -0.2) is 0 Å². The van der Waals surface area contributed by atoms with Crippen LogP contribution in [0.15, 0.2) is 35.1 Å². The van der Waals surface area contributed by atoms with Crippen molar-refractivity contribution in [3.05, 3.63) is 41.9 Å². The van der Waals surface area contributed by atoms with E-state index < -0.39 is 0 Å². The van der Waals surface area contributed by atoms with E-state index in [-0.39, 0.29) is 0 Å². The minimum atomic E-state index is 0.985. The standard InChI is InChI=1S/C16H21NO/c1-3-4-5-6-7-14-10-11-18-16(14)15-9-8-13(2)17-12-15/h8-12H,3-7H2,1-2H3. The van der Waals surface area contributed by atoms with Gasteiger partial charge in [0.1, 0.15) is 5.76 Å². The molecule has 0 aliphatic heterocycles. The summed E-state index contributed by atoms with van der Waals surface area (Å²) in [5.74, 6) is 0.985. The van der Waals surface area contributed by atoms with Gasteiger partial charge in [0.25, 0.3) is 0 Å². The Labute approximate surface area is 109 Å². The Kier molecular flexibility index (Phi) is 4.57. The summed E-state index contributed by atoms with van der Waals surface area (Å²) in [5, 5.41) is 0. The molecule has 2 aromatic heterocycles. The molecule has 2 nitrogen and oxygen atoms in total. The van der Waals surface area contributed by atoms with Gasteiger partial charge in [-0.05, 0) is 43.5 Å². The molecule has 0 saturated carbocycles. The van der Waals surface area contributed by atoms with E-state index in [0.717, 1.165) is 23.4 Å². The molecule has 0 atom stereocenters.